The molecule has 1 aliphatic rings. The molecule has 2 aromatic rings. The van der Waals surface area contributed by atoms with Crippen molar-refractivity contribution in [2.24, 2.45) is 0 Å². The number of hydrogen-bond acceptors (Lipinski definition) is 6. The Bertz CT molecular complexity index is 779. The van der Waals surface area contributed by atoms with Gasteiger partial charge in [0, 0.05) is 17.8 Å². The molecular weight excluding hydrogens is 346 g/mol. The Morgan fingerprint density at radius 3 is 2.48 bits per heavy atom. The molecule has 7 nitrogen and oxygen atoms in total. The average Bonchev–Trinajstić information content (AvgIpc) is 3.19. The van der Waals surface area contributed by atoms with Gasteiger partial charge >= 0.3 is 0 Å². The molecule has 2 atom stereocenters. The molecule has 2 aromatic carbocycles. The maximum absolute atomic E-state index is 12.6. The molecule has 1 aliphatic heterocycles. The Balaban J connectivity index is 1.60. The van der Waals surface area contributed by atoms with E-state index in [4.69, 9.17) is 14.2 Å². The second kappa shape index (κ2) is 8.75. The summed E-state index contributed by atoms with van der Waals surface area (Å²) >= 11 is 0. The number of anilines is 1. The second-order valence-electron chi connectivity index (χ2n) is 6.19. The van der Waals surface area contributed by atoms with Gasteiger partial charge in [-0.3, -0.25) is 4.79 Å². The number of hydrazine groups is 1. The van der Waals surface area contributed by atoms with Crippen LogP contribution in [-0.4, -0.2) is 32.8 Å². The molecule has 0 radical (unpaired) electrons. The highest BCUT2D eigenvalue weighted by molar-refractivity contribution is 5.95. The summed E-state index contributed by atoms with van der Waals surface area (Å²) in [6, 6.07) is 12.9. The predicted octanol–water partition coefficient (Wildman–Crippen LogP) is 2.65. The van der Waals surface area contributed by atoms with E-state index < -0.39 is 0 Å². The van der Waals surface area contributed by atoms with Crippen molar-refractivity contribution < 1.29 is 19.0 Å². The van der Waals surface area contributed by atoms with Crippen LogP contribution in [0.3, 0.4) is 0 Å². The molecule has 1 heterocycles. The van der Waals surface area contributed by atoms with Crippen LogP contribution in [0.2, 0.25) is 0 Å². The minimum absolute atomic E-state index is 0.0573. The summed E-state index contributed by atoms with van der Waals surface area (Å²) < 4.78 is 16.0. The van der Waals surface area contributed by atoms with Gasteiger partial charge in [-0.05, 0) is 43.2 Å². The van der Waals surface area contributed by atoms with Crippen molar-refractivity contribution in [2.75, 3.05) is 26.1 Å². The summed E-state index contributed by atoms with van der Waals surface area (Å²) in [5.74, 6) is 1.92. The summed E-state index contributed by atoms with van der Waals surface area (Å²) in [4.78, 5) is 12.6. The molecule has 27 heavy (non-hydrogen) atoms. The average molecular weight is 371 g/mol. The monoisotopic (exact) mass is 371 g/mol. The van der Waals surface area contributed by atoms with Gasteiger partial charge in [-0.25, -0.2) is 10.9 Å². The molecule has 0 bridgehead atoms. The lowest BCUT2D eigenvalue weighted by molar-refractivity contribution is -0.117. The first kappa shape index (κ1) is 19.0. The minimum atomic E-state index is -0.338. The van der Waals surface area contributed by atoms with Crippen LogP contribution in [0, 0.1) is 0 Å². The Labute approximate surface area is 159 Å². The third kappa shape index (κ3) is 4.50. The summed E-state index contributed by atoms with van der Waals surface area (Å²) in [7, 11) is 3.14. The van der Waals surface area contributed by atoms with E-state index in [1.54, 1.807) is 32.4 Å². The highest BCUT2D eigenvalue weighted by atomic mass is 16.5. The van der Waals surface area contributed by atoms with E-state index in [2.05, 4.69) is 16.2 Å². The second-order valence-corrected chi connectivity index (χ2v) is 6.19. The molecule has 0 aliphatic carbocycles. The van der Waals surface area contributed by atoms with Crippen LogP contribution < -0.4 is 30.4 Å². The number of methoxy groups -OCH3 is 2. The van der Waals surface area contributed by atoms with Crippen LogP contribution in [-0.2, 0) is 4.79 Å². The van der Waals surface area contributed by atoms with E-state index in [-0.39, 0.29) is 18.0 Å². The van der Waals surface area contributed by atoms with Crippen molar-refractivity contribution in [3.8, 4) is 17.2 Å². The van der Waals surface area contributed by atoms with Gasteiger partial charge in [0.15, 0.2) is 11.5 Å². The quantitative estimate of drug-likeness (QED) is 0.694. The first-order valence-corrected chi connectivity index (χ1v) is 8.91. The third-order valence-corrected chi connectivity index (χ3v) is 4.46. The van der Waals surface area contributed by atoms with Gasteiger partial charge in [0.25, 0.3) is 0 Å². The lowest BCUT2D eigenvalue weighted by atomic mass is 10.0. The number of carbonyl (C=O) groups is 1. The van der Waals surface area contributed by atoms with Crippen molar-refractivity contribution in [3.63, 3.8) is 0 Å². The summed E-state index contributed by atoms with van der Waals surface area (Å²) in [6.45, 7) is 2.60. The predicted molar refractivity (Wildman–Crippen MR) is 103 cm³/mol. The van der Waals surface area contributed by atoms with Crippen LogP contribution in [0.5, 0.6) is 17.2 Å². The zero-order valence-corrected chi connectivity index (χ0v) is 15.7. The van der Waals surface area contributed by atoms with E-state index in [0.717, 1.165) is 11.3 Å². The van der Waals surface area contributed by atoms with E-state index in [0.29, 0.717) is 30.2 Å². The minimum Gasteiger partial charge on any atom is -0.494 e. The maximum atomic E-state index is 12.6. The molecule has 3 rings (SSSR count). The fourth-order valence-corrected chi connectivity index (χ4v) is 3.05. The lowest BCUT2D eigenvalue weighted by Gasteiger charge is -2.13. The van der Waals surface area contributed by atoms with Crippen molar-refractivity contribution in [1.82, 2.24) is 10.9 Å². The summed E-state index contributed by atoms with van der Waals surface area (Å²) in [6.07, 6.45) is 0.646. The summed E-state index contributed by atoms with van der Waals surface area (Å²) in [5, 5.41) is 2.91. The zero-order valence-electron chi connectivity index (χ0n) is 15.7. The first-order chi connectivity index (χ1) is 13.1. The molecular formula is C20H25N3O4. The van der Waals surface area contributed by atoms with Gasteiger partial charge in [0.05, 0.1) is 20.8 Å². The molecule has 144 valence electrons. The number of nitrogens with one attached hydrogen (secondary N) is 3. The van der Waals surface area contributed by atoms with Crippen molar-refractivity contribution in [1.29, 1.82) is 0 Å². The molecule has 0 saturated carbocycles. The van der Waals surface area contributed by atoms with Crippen LogP contribution in [0.15, 0.2) is 42.5 Å². The SMILES string of the molecule is CCOc1ccc(C2CC(C(=O)Nc3ccc(OC)c(OC)c3)NN2)cc1. The van der Waals surface area contributed by atoms with Gasteiger partial charge in [-0.15, -0.1) is 0 Å². The summed E-state index contributed by atoms with van der Waals surface area (Å²) in [5.41, 5.74) is 8.01. The van der Waals surface area contributed by atoms with Gasteiger partial charge < -0.3 is 19.5 Å². The molecule has 1 amide bonds. The molecule has 1 saturated heterocycles. The Morgan fingerprint density at radius 1 is 1.07 bits per heavy atom. The highest BCUT2D eigenvalue weighted by Crippen LogP contribution is 2.30. The first-order valence-electron chi connectivity index (χ1n) is 8.91. The van der Waals surface area contributed by atoms with Crippen LogP contribution in [0.25, 0.3) is 0 Å². The smallest absolute Gasteiger partial charge is 0.242 e. The lowest BCUT2D eigenvalue weighted by Crippen LogP contribution is -2.39. The zero-order chi connectivity index (χ0) is 19.2. The maximum Gasteiger partial charge on any atom is 0.242 e. The van der Waals surface area contributed by atoms with E-state index in [1.807, 2.05) is 31.2 Å². The topological polar surface area (TPSA) is 80.9 Å². The van der Waals surface area contributed by atoms with E-state index in [1.165, 1.54) is 0 Å². The molecule has 1 fully saturated rings. The number of ether oxygens (including phenoxy) is 3. The van der Waals surface area contributed by atoms with Crippen molar-refractivity contribution >= 4 is 11.6 Å². The molecule has 0 spiro atoms. The molecule has 3 N–H and O–H groups in total. The van der Waals surface area contributed by atoms with E-state index >= 15 is 0 Å². The van der Waals surface area contributed by atoms with Crippen LogP contribution >= 0.6 is 0 Å². The van der Waals surface area contributed by atoms with Crippen molar-refractivity contribution in [3.05, 3.63) is 48.0 Å². The van der Waals surface area contributed by atoms with Gasteiger partial charge in [0.2, 0.25) is 5.91 Å². The standard InChI is InChI=1S/C20H25N3O4/c1-4-27-15-8-5-13(6-9-15)16-12-17(23-22-16)20(24)21-14-7-10-18(25-2)19(11-14)26-3/h5-11,16-17,22-23H,4,12H2,1-3H3,(H,21,24). The Kier molecular flexibility index (Phi) is 6.16. The van der Waals surface area contributed by atoms with Crippen molar-refractivity contribution in [2.45, 2.75) is 25.4 Å². The largest absolute Gasteiger partial charge is 0.494 e. The van der Waals surface area contributed by atoms with Gasteiger partial charge in [0.1, 0.15) is 11.8 Å². The van der Waals surface area contributed by atoms with Gasteiger partial charge in [-0.2, -0.15) is 0 Å². The van der Waals surface area contributed by atoms with E-state index in [9.17, 15) is 4.79 Å². The third-order valence-electron chi connectivity index (χ3n) is 4.46. The number of hydrogen-bond donors (Lipinski definition) is 3. The van der Waals surface area contributed by atoms with Crippen LogP contribution in [0.1, 0.15) is 24.9 Å². The highest BCUT2D eigenvalue weighted by Gasteiger charge is 2.30. The Hall–Kier alpha value is -2.77. The number of benzene rings is 2. The molecule has 0 aromatic heterocycles. The number of carbonyl (C=O) groups excluding carboxylic acids is 1. The fraction of sp³-hybridized carbons (Fsp3) is 0.350. The number of amides is 1. The van der Waals surface area contributed by atoms with Crippen LogP contribution in [0.4, 0.5) is 5.69 Å². The fourth-order valence-electron chi connectivity index (χ4n) is 3.05. The molecule has 2 unspecified atom stereocenters. The molecule has 7 heteroatoms. The normalized spacial score (nSPS) is 18.8. The Morgan fingerprint density at radius 2 is 1.81 bits per heavy atom. The number of rotatable bonds is 7. The van der Waals surface area contributed by atoms with Gasteiger partial charge in [-0.1, -0.05) is 12.1 Å².